The van der Waals surface area contributed by atoms with E-state index in [4.69, 9.17) is 11.6 Å². The summed E-state index contributed by atoms with van der Waals surface area (Å²) in [4.78, 5) is 8.55. The van der Waals surface area contributed by atoms with Crippen LogP contribution in [0.25, 0.3) is 33.0 Å². The number of hydrogen-bond acceptors (Lipinski definition) is 1. The van der Waals surface area contributed by atoms with E-state index in [9.17, 15) is 0 Å². The summed E-state index contributed by atoms with van der Waals surface area (Å²) in [6, 6.07) is 20.4. The summed E-state index contributed by atoms with van der Waals surface area (Å²) in [6.07, 6.45) is 0. The van der Waals surface area contributed by atoms with Gasteiger partial charge in [-0.2, -0.15) is 0 Å². The van der Waals surface area contributed by atoms with Crippen molar-refractivity contribution in [3.05, 3.63) is 88.8 Å². The Kier molecular flexibility index (Phi) is 3.82. The van der Waals surface area contributed by atoms with Crippen molar-refractivity contribution in [3.8, 4) is 17.1 Å². The third-order valence-corrected chi connectivity index (χ3v) is 4.74. The molecule has 0 unspecified atom stereocenters. The minimum atomic E-state index is 0.672. The van der Waals surface area contributed by atoms with Gasteiger partial charge in [-0.3, -0.25) is 4.57 Å². The highest BCUT2D eigenvalue weighted by atomic mass is 15.1. The lowest BCUT2D eigenvalue weighted by atomic mass is 10.1. The van der Waals surface area contributed by atoms with Crippen molar-refractivity contribution in [2.75, 3.05) is 0 Å². The molecular weight excluding hydrogens is 318 g/mol. The molecule has 26 heavy (non-hydrogen) atoms. The second kappa shape index (κ2) is 6.16. The average Bonchev–Trinajstić information content (AvgIpc) is 3.02. The second-order valence-electron chi connectivity index (χ2n) is 6.62. The first-order valence-electron chi connectivity index (χ1n) is 8.62. The normalized spacial score (nSPS) is 10.8. The first-order valence-corrected chi connectivity index (χ1v) is 8.62. The summed E-state index contributed by atoms with van der Waals surface area (Å²) >= 11 is 0. The van der Waals surface area contributed by atoms with Gasteiger partial charge in [0, 0.05) is 5.56 Å². The summed E-state index contributed by atoms with van der Waals surface area (Å²) in [5, 5.41) is 0. The number of imidazole rings is 1. The van der Waals surface area contributed by atoms with Crippen LogP contribution in [0.1, 0.15) is 16.7 Å². The van der Waals surface area contributed by atoms with Gasteiger partial charge in [-0.25, -0.2) is 9.83 Å². The van der Waals surface area contributed by atoms with E-state index in [-0.39, 0.29) is 0 Å². The second-order valence-corrected chi connectivity index (χ2v) is 6.62. The predicted molar refractivity (Wildman–Crippen MR) is 107 cm³/mol. The van der Waals surface area contributed by atoms with E-state index < -0.39 is 0 Å². The SMILES string of the molecule is [C-]#[N+]c1cc(C)c(-n2c(-c3ccccc3)nc3cccc(C)c32)c(C)c1. The van der Waals surface area contributed by atoms with Crippen LogP contribution in [-0.2, 0) is 0 Å². The maximum absolute atomic E-state index is 7.33. The number of aromatic nitrogens is 2. The number of aryl methyl sites for hydroxylation is 3. The molecule has 0 amide bonds. The van der Waals surface area contributed by atoms with Crippen LogP contribution in [0.4, 0.5) is 5.69 Å². The van der Waals surface area contributed by atoms with Crippen LogP contribution >= 0.6 is 0 Å². The lowest BCUT2D eigenvalue weighted by molar-refractivity contribution is 1.06. The molecule has 0 aliphatic heterocycles. The molecule has 4 aromatic rings. The molecule has 0 radical (unpaired) electrons. The molecule has 0 atom stereocenters. The van der Waals surface area contributed by atoms with Crippen molar-refractivity contribution in [1.29, 1.82) is 0 Å². The molecule has 3 aromatic carbocycles. The largest absolute Gasteiger partial charge is 0.292 e. The zero-order valence-corrected chi connectivity index (χ0v) is 15.1. The van der Waals surface area contributed by atoms with Crippen molar-refractivity contribution < 1.29 is 0 Å². The van der Waals surface area contributed by atoms with Gasteiger partial charge in [-0.1, -0.05) is 54.6 Å². The standard InChI is InChI=1S/C23H19N3/c1-15-9-8-12-20-22(15)26(23(25-20)18-10-6-5-7-11-18)21-16(2)13-19(24-4)14-17(21)3/h5-14H,1-3H3. The van der Waals surface area contributed by atoms with Crippen molar-refractivity contribution in [1.82, 2.24) is 9.55 Å². The maximum Gasteiger partial charge on any atom is 0.187 e. The number of benzene rings is 3. The van der Waals surface area contributed by atoms with E-state index in [2.05, 4.69) is 54.4 Å². The van der Waals surface area contributed by atoms with Crippen molar-refractivity contribution in [3.63, 3.8) is 0 Å². The predicted octanol–water partition coefficient (Wildman–Crippen LogP) is 6.17. The van der Waals surface area contributed by atoms with Crippen LogP contribution in [-0.4, -0.2) is 9.55 Å². The van der Waals surface area contributed by atoms with Gasteiger partial charge in [0.25, 0.3) is 0 Å². The molecule has 3 nitrogen and oxygen atoms in total. The molecule has 0 fully saturated rings. The number of nitrogens with zero attached hydrogens (tertiary/aromatic N) is 3. The molecule has 0 aliphatic carbocycles. The Morgan fingerprint density at radius 3 is 2.19 bits per heavy atom. The molecule has 0 saturated carbocycles. The number of para-hydroxylation sites is 1. The maximum atomic E-state index is 7.33. The quantitative estimate of drug-likeness (QED) is 0.401. The minimum absolute atomic E-state index is 0.672. The van der Waals surface area contributed by atoms with Crippen molar-refractivity contribution >= 4 is 16.7 Å². The Balaban J connectivity index is 2.15. The Labute approximate surface area is 153 Å². The summed E-state index contributed by atoms with van der Waals surface area (Å²) in [6.45, 7) is 13.6. The van der Waals surface area contributed by atoms with E-state index in [1.807, 2.05) is 36.4 Å². The topological polar surface area (TPSA) is 22.2 Å². The van der Waals surface area contributed by atoms with Crippen molar-refractivity contribution in [2.24, 2.45) is 0 Å². The van der Waals surface area contributed by atoms with Gasteiger partial charge >= 0.3 is 0 Å². The van der Waals surface area contributed by atoms with Gasteiger partial charge in [0.05, 0.1) is 23.3 Å². The number of fused-ring (bicyclic) bond motifs is 1. The summed E-state index contributed by atoms with van der Waals surface area (Å²) in [7, 11) is 0. The van der Waals surface area contributed by atoms with E-state index in [1.165, 1.54) is 5.56 Å². The summed E-state index contributed by atoms with van der Waals surface area (Å²) in [5.41, 5.74) is 8.30. The molecule has 1 aromatic heterocycles. The molecule has 4 rings (SSSR count). The lowest BCUT2D eigenvalue weighted by Gasteiger charge is -2.17. The van der Waals surface area contributed by atoms with E-state index in [0.717, 1.165) is 39.2 Å². The molecule has 3 heteroatoms. The minimum Gasteiger partial charge on any atom is -0.292 e. The fraction of sp³-hybridized carbons (Fsp3) is 0.130. The molecule has 0 bridgehead atoms. The lowest BCUT2D eigenvalue weighted by Crippen LogP contribution is -2.03. The van der Waals surface area contributed by atoms with Gasteiger partial charge < -0.3 is 0 Å². The average molecular weight is 337 g/mol. The molecule has 1 heterocycles. The smallest absolute Gasteiger partial charge is 0.187 e. The monoisotopic (exact) mass is 337 g/mol. The Morgan fingerprint density at radius 1 is 0.846 bits per heavy atom. The summed E-state index contributed by atoms with van der Waals surface area (Å²) in [5.74, 6) is 0.927. The van der Waals surface area contributed by atoms with Gasteiger partial charge in [-0.05, 0) is 43.5 Å². The highest BCUT2D eigenvalue weighted by Crippen LogP contribution is 2.34. The molecule has 0 saturated heterocycles. The van der Waals surface area contributed by atoms with Crippen LogP contribution in [0, 0.1) is 27.3 Å². The molecule has 126 valence electrons. The highest BCUT2D eigenvalue weighted by molar-refractivity contribution is 5.86. The third-order valence-electron chi connectivity index (χ3n) is 4.74. The molecular formula is C23H19N3. The Hall–Kier alpha value is -3.38. The van der Waals surface area contributed by atoms with Crippen LogP contribution in [0.2, 0.25) is 0 Å². The number of hydrogen-bond donors (Lipinski definition) is 0. The zero-order valence-electron chi connectivity index (χ0n) is 15.1. The zero-order chi connectivity index (χ0) is 18.3. The Morgan fingerprint density at radius 2 is 1.54 bits per heavy atom. The van der Waals surface area contributed by atoms with Gasteiger partial charge in [0.1, 0.15) is 5.82 Å². The first kappa shape index (κ1) is 16.1. The highest BCUT2D eigenvalue weighted by Gasteiger charge is 2.18. The fourth-order valence-electron chi connectivity index (χ4n) is 3.64. The van der Waals surface area contributed by atoms with Crippen LogP contribution < -0.4 is 0 Å². The number of rotatable bonds is 2. The molecule has 0 spiro atoms. The Bertz CT molecular complexity index is 1140. The van der Waals surface area contributed by atoms with E-state index in [0.29, 0.717) is 5.69 Å². The first-order chi connectivity index (χ1) is 12.6. The molecule has 0 N–H and O–H groups in total. The van der Waals surface area contributed by atoms with Gasteiger partial charge in [-0.15, -0.1) is 0 Å². The van der Waals surface area contributed by atoms with E-state index in [1.54, 1.807) is 0 Å². The van der Waals surface area contributed by atoms with E-state index >= 15 is 0 Å². The van der Waals surface area contributed by atoms with Crippen LogP contribution in [0.3, 0.4) is 0 Å². The van der Waals surface area contributed by atoms with Gasteiger partial charge in [0.15, 0.2) is 5.69 Å². The van der Waals surface area contributed by atoms with Crippen LogP contribution in [0.5, 0.6) is 0 Å². The third kappa shape index (κ3) is 2.48. The fourth-order valence-corrected chi connectivity index (χ4v) is 3.64. The van der Waals surface area contributed by atoms with Crippen LogP contribution in [0.15, 0.2) is 60.7 Å². The molecule has 0 aliphatic rings. The van der Waals surface area contributed by atoms with Crippen molar-refractivity contribution in [2.45, 2.75) is 20.8 Å². The van der Waals surface area contributed by atoms with Gasteiger partial charge in [0.2, 0.25) is 0 Å². The summed E-state index contributed by atoms with van der Waals surface area (Å²) < 4.78 is 2.25.